The molecule has 1 aliphatic heterocycles. The molecular weight excluding hydrogens is 255 g/mol. The third-order valence-electron chi connectivity index (χ3n) is 3.53. The van der Waals surface area contributed by atoms with Crippen LogP contribution in [0.5, 0.6) is 0 Å². The topological polar surface area (TPSA) is 28.2 Å². The fourth-order valence-electron chi connectivity index (χ4n) is 2.40. The van der Waals surface area contributed by atoms with E-state index in [1.165, 1.54) is 12.5 Å². The van der Waals surface area contributed by atoms with E-state index in [0.717, 1.165) is 25.1 Å². The van der Waals surface area contributed by atoms with Crippen LogP contribution in [-0.4, -0.2) is 22.1 Å². The minimum atomic E-state index is -4.34. The Hall–Kier alpha value is -1.30. The SMILES string of the molecule is CC1CCCC(C)N1Nc1ccc(C(F)(F)F)cn1. The van der Waals surface area contributed by atoms with Crippen molar-refractivity contribution in [1.82, 2.24) is 9.99 Å². The molecule has 2 unspecified atom stereocenters. The summed E-state index contributed by atoms with van der Waals surface area (Å²) in [5.74, 6) is 0.452. The first kappa shape index (κ1) is 14.1. The van der Waals surface area contributed by atoms with Crippen LogP contribution < -0.4 is 5.43 Å². The lowest BCUT2D eigenvalue weighted by Gasteiger charge is -2.39. The monoisotopic (exact) mass is 273 g/mol. The van der Waals surface area contributed by atoms with Gasteiger partial charge in [0.25, 0.3) is 0 Å². The van der Waals surface area contributed by atoms with E-state index in [0.29, 0.717) is 17.9 Å². The number of rotatable bonds is 2. The Kier molecular flexibility index (Phi) is 3.99. The second kappa shape index (κ2) is 5.36. The number of anilines is 1. The highest BCUT2D eigenvalue weighted by atomic mass is 19.4. The maximum absolute atomic E-state index is 12.4. The molecule has 0 aromatic carbocycles. The highest BCUT2D eigenvalue weighted by Crippen LogP contribution is 2.29. The number of nitrogens with one attached hydrogen (secondary N) is 1. The highest BCUT2D eigenvalue weighted by Gasteiger charge is 2.31. The van der Waals surface area contributed by atoms with Gasteiger partial charge in [-0.3, -0.25) is 0 Å². The Balaban J connectivity index is 2.07. The van der Waals surface area contributed by atoms with Crippen LogP contribution in [0.1, 0.15) is 38.7 Å². The van der Waals surface area contributed by atoms with Crippen LogP contribution in [0.25, 0.3) is 0 Å². The van der Waals surface area contributed by atoms with Gasteiger partial charge in [-0.1, -0.05) is 6.42 Å². The number of piperidine rings is 1. The molecule has 1 fully saturated rings. The van der Waals surface area contributed by atoms with Crippen molar-refractivity contribution >= 4 is 5.82 Å². The fraction of sp³-hybridized carbons (Fsp3) is 0.615. The van der Waals surface area contributed by atoms with Gasteiger partial charge in [0.1, 0.15) is 5.82 Å². The van der Waals surface area contributed by atoms with Gasteiger partial charge >= 0.3 is 6.18 Å². The second-order valence-electron chi connectivity index (χ2n) is 5.08. The summed E-state index contributed by atoms with van der Waals surface area (Å²) in [7, 11) is 0. The zero-order valence-corrected chi connectivity index (χ0v) is 11.0. The third kappa shape index (κ3) is 3.37. The Labute approximate surface area is 110 Å². The van der Waals surface area contributed by atoms with Gasteiger partial charge in [-0.05, 0) is 38.8 Å². The molecule has 1 N–H and O–H groups in total. The molecular formula is C13H18F3N3. The van der Waals surface area contributed by atoms with Gasteiger partial charge in [-0.2, -0.15) is 13.2 Å². The van der Waals surface area contributed by atoms with E-state index >= 15 is 0 Å². The molecule has 1 saturated heterocycles. The Morgan fingerprint density at radius 3 is 2.32 bits per heavy atom. The smallest absolute Gasteiger partial charge is 0.303 e. The van der Waals surface area contributed by atoms with Crippen LogP contribution in [-0.2, 0) is 6.18 Å². The molecule has 1 aliphatic rings. The van der Waals surface area contributed by atoms with E-state index < -0.39 is 11.7 Å². The van der Waals surface area contributed by atoms with Crippen molar-refractivity contribution in [2.24, 2.45) is 0 Å². The lowest BCUT2D eigenvalue weighted by atomic mass is 10.00. The Morgan fingerprint density at radius 2 is 1.84 bits per heavy atom. The van der Waals surface area contributed by atoms with E-state index in [1.807, 2.05) is 0 Å². The van der Waals surface area contributed by atoms with Crippen molar-refractivity contribution in [1.29, 1.82) is 0 Å². The molecule has 2 heterocycles. The summed E-state index contributed by atoms with van der Waals surface area (Å²) < 4.78 is 37.3. The summed E-state index contributed by atoms with van der Waals surface area (Å²) in [5, 5.41) is 2.07. The maximum Gasteiger partial charge on any atom is 0.417 e. The molecule has 0 amide bonds. The van der Waals surface area contributed by atoms with E-state index in [4.69, 9.17) is 0 Å². The van der Waals surface area contributed by atoms with E-state index in [2.05, 4.69) is 29.3 Å². The number of halogens is 3. The Bertz CT molecular complexity index is 406. The van der Waals surface area contributed by atoms with Gasteiger partial charge in [-0.25, -0.2) is 9.99 Å². The predicted molar refractivity (Wildman–Crippen MR) is 67.5 cm³/mol. The van der Waals surface area contributed by atoms with Gasteiger partial charge in [0.2, 0.25) is 0 Å². The molecule has 19 heavy (non-hydrogen) atoms. The number of hydrazine groups is 1. The van der Waals surface area contributed by atoms with Crippen LogP contribution in [0.3, 0.4) is 0 Å². The first-order chi connectivity index (χ1) is 8.88. The van der Waals surface area contributed by atoms with Crippen molar-refractivity contribution in [2.75, 3.05) is 5.43 Å². The first-order valence-electron chi connectivity index (χ1n) is 6.46. The van der Waals surface area contributed by atoms with Crippen molar-refractivity contribution in [3.05, 3.63) is 23.9 Å². The number of nitrogens with zero attached hydrogens (tertiary/aromatic N) is 2. The Morgan fingerprint density at radius 1 is 1.21 bits per heavy atom. The van der Waals surface area contributed by atoms with Crippen LogP contribution in [0.4, 0.5) is 19.0 Å². The molecule has 0 spiro atoms. The average Bonchev–Trinajstić information content (AvgIpc) is 2.33. The maximum atomic E-state index is 12.4. The van der Waals surface area contributed by atoms with Gasteiger partial charge < -0.3 is 5.43 Å². The van der Waals surface area contributed by atoms with Gasteiger partial charge in [0.05, 0.1) is 5.56 Å². The summed E-state index contributed by atoms with van der Waals surface area (Å²) in [5.41, 5.74) is 2.39. The minimum Gasteiger partial charge on any atom is -0.303 e. The normalized spacial score (nSPS) is 25.3. The molecule has 0 saturated carbocycles. The largest absolute Gasteiger partial charge is 0.417 e. The van der Waals surface area contributed by atoms with Crippen LogP contribution in [0.15, 0.2) is 18.3 Å². The number of hydrogen-bond donors (Lipinski definition) is 1. The third-order valence-corrected chi connectivity index (χ3v) is 3.53. The summed E-state index contributed by atoms with van der Waals surface area (Å²) in [6, 6.07) is 3.13. The minimum absolute atomic E-state index is 0.354. The lowest BCUT2D eigenvalue weighted by Crippen LogP contribution is -2.47. The molecule has 3 nitrogen and oxygen atoms in total. The molecule has 6 heteroatoms. The number of hydrogen-bond acceptors (Lipinski definition) is 3. The van der Waals surface area contributed by atoms with E-state index in [9.17, 15) is 13.2 Å². The lowest BCUT2D eigenvalue weighted by molar-refractivity contribution is -0.137. The number of aromatic nitrogens is 1. The first-order valence-corrected chi connectivity index (χ1v) is 6.46. The number of pyridine rings is 1. The standard InChI is InChI=1S/C13H18F3N3/c1-9-4-3-5-10(2)19(9)18-12-7-6-11(8-17-12)13(14,15)16/h6-10H,3-5H2,1-2H3,(H,17,18). The molecule has 2 atom stereocenters. The summed E-state index contributed by atoms with van der Waals surface area (Å²) in [6.45, 7) is 4.21. The summed E-state index contributed by atoms with van der Waals surface area (Å²) in [4.78, 5) is 3.84. The zero-order valence-electron chi connectivity index (χ0n) is 11.0. The van der Waals surface area contributed by atoms with Crippen LogP contribution in [0, 0.1) is 0 Å². The van der Waals surface area contributed by atoms with Crippen molar-refractivity contribution < 1.29 is 13.2 Å². The second-order valence-corrected chi connectivity index (χ2v) is 5.08. The van der Waals surface area contributed by atoms with E-state index in [-0.39, 0.29) is 0 Å². The molecule has 0 bridgehead atoms. The fourth-order valence-corrected chi connectivity index (χ4v) is 2.40. The molecule has 0 aliphatic carbocycles. The molecule has 1 aromatic rings. The van der Waals surface area contributed by atoms with Crippen LogP contribution >= 0.6 is 0 Å². The molecule has 106 valence electrons. The average molecular weight is 273 g/mol. The van der Waals surface area contributed by atoms with Crippen molar-refractivity contribution in [3.63, 3.8) is 0 Å². The van der Waals surface area contributed by atoms with E-state index in [1.54, 1.807) is 0 Å². The van der Waals surface area contributed by atoms with Gasteiger partial charge in [0.15, 0.2) is 0 Å². The summed E-state index contributed by atoms with van der Waals surface area (Å²) >= 11 is 0. The van der Waals surface area contributed by atoms with Gasteiger partial charge in [-0.15, -0.1) is 0 Å². The molecule has 1 aromatic heterocycles. The predicted octanol–water partition coefficient (Wildman–Crippen LogP) is 3.69. The van der Waals surface area contributed by atoms with Crippen LogP contribution in [0.2, 0.25) is 0 Å². The zero-order chi connectivity index (χ0) is 14.0. The summed E-state index contributed by atoms with van der Waals surface area (Å²) in [6.07, 6.45) is -0.129. The molecule has 0 radical (unpaired) electrons. The quantitative estimate of drug-likeness (QED) is 0.890. The van der Waals surface area contributed by atoms with Crippen molar-refractivity contribution in [2.45, 2.75) is 51.4 Å². The van der Waals surface area contributed by atoms with Gasteiger partial charge in [0, 0.05) is 18.3 Å². The molecule has 2 rings (SSSR count). The highest BCUT2D eigenvalue weighted by molar-refractivity contribution is 5.35. The van der Waals surface area contributed by atoms with Crippen molar-refractivity contribution in [3.8, 4) is 0 Å². The number of alkyl halides is 3.